The second-order valence-electron chi connectivity index (χ2n) is 9.07. The monoisotopic (exact) mass is 450 g/mol. The summed E-state index contributed by atoms with van der Waals surface area (Å²) < 4.78 is 7.27. The quantitative estimate of drug-likeness (QED) is 0.562. The first-order chi connectivity index (χ1) is 15.4. The molecular weight excluding hydrogens is 428 g/mol. The van der Waals surface area contributed by atoms with Crippen molar-refractivity contribution >= 4 is 23.3 Å². The lowest BCUT2D eigenvalue weighted by molar-refractivity contribution is -0.162. The molecule has 32 heavy (non-hydrogen) atoms. The number of nitrogens with zero attached hydrogens (tertiary/aromatic N) is 3. The maximum Gasteiger partial charge on any atom is 0.251 e. The van der Waals surface area contributed by atoms with E-state index in [0.29, 0.717) is 22.8 Å². The number of nitrogens with one attached hydrogen (secondary N) is 1. The molecule has 0 aliphatic heterocycles. The van der Waals surface area contributed by atoms with Gasteiger partial charge in [0.1, 0.15) is 25.0 Å². The first kappa shape index (κ1) is 20.7. The van der Waals surface area contributed by atoms with Gasteiger partial charge in [0, 0.05) is 22.5 Å². The predicted molar refractivity (Wildman–Crippen MR) is 119 cm³/mol. The molecule has 3 aromatic rings. The molecule has 8 heteroatoms. The molecule has 3 fully saturated rings. The van der Waals surface area contributed by atoms with Crippen molar-refractivity contribution in [2.75, 3.05) is 6.61 Å². The zero-order chi connectivity index (χ0) is 22.3. The summed E-state index contributed by atoms with van der Waals surface area (Å²) in [7, 11) is 0. The fourth-order valence-electron chi connectivity index (χ4n) is 5.08. The van der Waals surface area contributed by atoms with E-state index in [-0.39, 0.29) is 29.3 Å². The molecular formula is C24H23ClN4O3. The van der Waals surface area contributed by atoms with Crippen LogP contribution in [0.3, 0.4) is 0 Å². The van der Waals surface area contributed by atoms with E-state index in [1.165, 1.54) is 6.33 Å². The van der Waals surface area contributed by atoms with E-state index in [9.17, 15) is 9.59 Å². The highest BCUT2D eigenvalue weighted by molar-refractivity contribution is 6.31. The van der Waals surface area contributed by atoms with Crippen molar-refractivity contribution in [1.82, 2.24) is 20.1 Å². The van der Waals surface area contributed by atoms with Crippen LogP contribution in [-0.4, -0.2) is 38.6 Å². The molecule has 0 atom stereocenters. The lowest BCUT2D eigenvalue weighted by Gasteiger charge is -2.70. The lowest BCUT2D eigenvalue weighted by Crippen LogP contribution is -2.75. The Bertz CT molecular complexity index is 1150. The van der Waals surface area contributed by atoms with Crippen LogP contribution in [0.2, 0.25) is 5.02 Å². The van der Waals surface area contributed by atoms with E-state index in [1.54, 1.807) is 35.3 Å². The highest BCUT2D eigenvalue weighted by atomic mass is 35.5. The number of halogens is 1. The molecule has 1 N–H and O–H groups in total. The topological polar surface area (TPSA) is 86.1 Å². The smallest absolute Gasteiger partial charge is 0.251 e. The second-order valence-corrected chi connectivity index (χ2v) is 9.47. The molecule has 2 bridgehead atoms. The van der Waals surface area contributed by atoms with Gasteiger partial charge in [-0.3, -0.25) is 9.59 Å². The number of hydrogen-bond donors (Lipinski definition) is 1. The maximum atomic E-state index is 12.7. The number of hydrogen-bond acceptors (Lipinski definition) is 5. The number of ether oxygens (including phenoxy) is 1. The number of rotatable bonds is 8. The number of aryl methyl sites for hydroxylation is 1. The van der Waals surface area contributed by atoms with Crippen LogP contribution in [-0.2, 0) is 4.79 Å². The Balaban J connectivity index is 1.09. The van der Waals surface area contributed by atoms with E-state index in [2.05, 4.69) is 15.4 Å². The van der Waals surface area contributed by atoms with Crippen molar-refractivity contribution < 1.29 is 14.3 Å². The van der Waals surface area contributed by atoms with Crippen LogP contribution in [0, 0.1) is 12.3 Å². The standard InChI is InChI=1S/C24H23ClN4O3/c1-16-8-20(6-7-21(16)25)32-10-19(30)9-23-11-24(12-23,13-23)28-22(31)17-2-4-18(5-3-17)29-15-26-14-27-29/h2-8,14-15H,9-13H2,1H3,(H,28,31). The summed E-state index contributed by atoms with van der Waals surface area (Å²) >= 11 is 6.02. The maximum absolute atomic E-state index is 12.7. The summed E-state index contributed by atoms with van der Waals surface area (Å²) in [5.41, 5.74) is 2.21. The van der Waals surface area contributed by atoms with Gasteiger partial charge in [-0.1, -0.05) is 11.6 Å². The summed E-state index contributed by atoms with van der Waals surface area (Å²) in [6, 6.07) is 12.6. The molecule has 6 rings (SSSR count). The highest BCUT2D eigenvalue weighted by Gasteiger charge is 2.68. The summed E-state index contributed by atoms with van der Waals surface area (Å²) in [6.45, 7) is 1.96. The number of carbonyl (C=O) groups is 2. The Morgan fingerprint density at radius 2 is 1.91 bits per heavy atom. The van der Waals surface area contributed by atoms with Crippen LogP contribution in [0.1, 0.15) is 41.6 Å². The fourth-order valence-corrected chi connectivity index (χ4v) is 5.20. The molecule has 3 aliphatic rings. The molecule has 0 unspecified atom stereocenters. The normalized spacial score (nSPS) is 23.1. The third-order valence-corrected chi connectivity index (χ3v) is 6.86. The van der Waals surface area contributed by atoms with Gasteiger partial charge in [-0.2, -0.15) is 5.10 Å². The number of amides is 1. The summed E-state index contributed by atoms with van der Waals surface area (Å²) in [5, 5.41) is 7.93. The Morgan fingerprint density at radius 3 is 2.56 bits per heavy atom. The fraction of sp³-hybridized carbons (Fsp3) is 0.333. The minimum atomic E-state index is -0.171. The van der Waals surface area contributed by atoms with Crippen molar-refractivity contribution in [3.05, 3.63) is 71.3 Å². The molecule has 2 aromatic carbocycles. The predicted octanol–water partition coefficient (Wildman–Crippen LogP) is 3.92. The number of aromatic nitrogens is 3. The molecule has 0 spiro atoms. The molecule has 7 nitrogen and oxygen atoms in total. The van der Waals surface area contributed by atoms with Crippen molar-refractivity contribution in [3.8, 4) is 11.4 Å². The Labute approximate surface area is 190 Å². The number of ketones is 1. The zero-order valence-corrected chi connectivity index (χ0v) is 18.4. The molecule has 164 valence electrons. The Kier molecular flexibility index (Phi) is 5.01. The number of carbonyl (C=O) groups excluding carboxylic acids is 2. The van der Waals surface area contributed by atoms with E-state index in [1.807, 2.05) is 25.1 Å². The molecule has 1 heterocycles. The van der Waals surface area contributed by atoms with Crippen LogP contribution in [0.5, 0.6) is 5.75 Å². The minimum Gasteiger partial charge on any atom is -0.486 e. The Hall–Kier alpha value is -3.19. The largest absolute Gasteiger partial charge is 0.486 e. The molecule has 3 aliphatic carbocycles. The SMILES string of the molecule is Cc1cc(OCC(=O)CC23CC(NC(=O)c4ccc(-n5cncn5)cc4)(C2)C3)ccc1Cl. The van der Waals surface area contributed by atoms with Crippen molar-refractivity contribution in [3.63, 3.8) is 0 Å². The van der Waals surface area contributed by atoms with Crippen molar-refractivity contribution in [2.24, 2.45) is 5.41 Å². The first-order valence-corrected chi connectivity index (χ1v) is 10.9. The summed E-state index contributed by atoms with van der Waals surface area (Å²) in [4.78, 5) is 29.0. The second kappa shape index (κ2) is 7.74. The number of benzene rings is 2. The molecule has 1 amide bonds. The van der Waals surface area contributed by atoms with Gasteiger partial charge in [-0.15, -0.1) is 0 Å². The zero-order valence-electron chi connectivity index (χ0n) is 17.7. The van der Waals surface area contributed by atoms with Gasteiger partial charge in [0.05, 0.1) is 5.69 Å². The molecule has 3 saturated carbocycles. The number of Topliss-reactive ketones (excluding diaryl/α,β-unsaturated/α-hetero) is 1. The average Bonchev–Trinajstić information content (AvgIpc) is 3.27. The molecule has 0 saturated heterocycles. The summed E-state index contributed by atoms with van der Waals surface area (Å²) in [5.74, 6) is 0.647. The van der Waals surface area contributed by atoms with Crippen LogP contribution < -0.4 is 10.1 Å². The van der Waals surface area contributed by atoms with E-state index < -0.39 is 0 Å². The lowest BCUT2D eigenvalue weighted by atomic mass is 9.38. The van der Waals surface area contributed by atoms with Gasteiger partial charge in [-0.05, 0) is 79.6 Å². The first-order valence-electron chi connectivity index (χ1n) is 10.5. The van der Waals surface area contributed by atoms with Crippen LogP contribution in [0.4, 0.5) is 0 Å². The average molecular weight is 451 g/mol. The van der Waals surface area contributed by atoms with Gasteiger partial charge in [0.25, 0.3) is 5.91 Å². The van der Waals surface area contributed by atoms with E-state index in [4.69, 9.17) is 16.3 Å². The van der Waals surface area contributed by atoms with Gasteiger partial charge < -0.3 is 10.1 Å². The van der Waals surface area contributed by atoms with Gasteiger partial charge >= 0.3 is 0 Å². The van der Waals surface area contributed by atoms with Crippen LogP contribution >= 0.6 is 11.6 Å². The van der Waals surface area contributed by atoms with Crippen molar-refractivity contribution in [2.45, 2.75) is 38.1 Å². The van der Waals surface area contributed by atoms with Crippen molar-refractivity contribution in [1.29, 1.82) is 0 Å². The highest BCUT2D eigenvalue weighted by Crippen LogP contribution is 2.69. The Morgan fingerprint density at radius 1 is 1.16 bits per heavy atom. The van der Waals surface area contributed by atoms with Crippen LogP contribution in [0.25, 0.3) is 5.69 Å². The molecule has 1 aromatic heterocycles. The molecule has 0 radical (unpaired) electrons. The third kappa shape index (κ3) is 3.88. The third-order valence-electron chi connectivity index (χ3n) is 6.43. The van der Waals surface area contributed by atoms with Gasteiger partial charge in [0.15, 0.2) is 5.78 Å². The van der Waals surface area contributed by atoms with Gasteiger partial charge in [-0.25, -0.2) is 9.67 Å². The summed E-state index contributed by atoms with van der Waals surface area (Å²) in [6.07, 6.45) is 6.09. The minimum absolute atomic E-state index is 0.0145. The van der Waals surface area contributed by atoms with Gasteiger partial charge in [0.2, 0.25) is 0 Å². The van der Waals surface area contributed by atoms with E-state index in [0.717, 1.165) is 30.5 Å². The van der Waals surface area contributed by atoms with Crippen LogP contribution in [0.15, 0.2) is 55.1 Å². The van der Waals surface area contributed by atoms with E-state index >= 15 is 0 Å².